The van der Waals surface area contributed by atoms with Gasteiger partial charge >= 0.3 is 0 Å². The van der Waals surface area contributed by atoms with Crippen LogP contribution in [-0.4, -0.2) is 77.4 Å². The Morgan fingerprint density at radius 1 is 0.870 bits per heavy atom. The second kappa shape index (κ2) is 14.0. The Bertz CT molecular complexity index is 1670. The van der Waals surface area contributed by atoms with E-state index >= 15 is 0 Å². The SMILES string of the molecule is COc1ccccc1N1CCN(C(=O)[C@H](C)Nc2ccc3c(cc2=O)[C@H](NC(C)=O)CCc2cc(OC)c(OC)c(OC)c2-3)CC1. The zero-order valence-corrected chi connectivity index (χ0v) is 27.3. The fourth-order valence-corrected chi connectivity index (χ4v) is 6.45. The molecular weight excluding hydrogens is 588 g/mol. The van der Waals surface area contributed by atoms with Gasteiger partial charge in [0.25, 0.3) is 0 Å². The molecule has 2 aliphatic rings. The topological polar surface area (TPSA) is 119 Å². The number of carbonyl (C=O) groups excluding carboxylic acids is 2. The van der Waals surface area contributed by atoms with Crippen molar-refractivity contribution in [2.75, 3.05) is 64.8 Å². The van der Waals surface area contributed by atoms with Crippen LogP contribution < -0.4 is 39.9 Å². The van der Waals surface area contributed by atoms with E-state index in [1.807, 2.05) is 41.3 Å². The first kappa shape index (κ1) is 32.5. The number of anilines is 2. The number of benzene rings is 2. The summed E-state index contributed by atoms with van der Waals surface area (Å²) in [5, 5.41) is 6.19. The maximum absolute atomic E-state index is 13.7. The molecule has 0 radical (unpaired) electrons. The molecule has 0 unspecified atom stereocenters. The van der Waals surface area contributed by atoms with Gasteiger partial charge in [0.2, 0.25) is 23.0 Å². The van der Waals surface area contributed by atoms with Crippen LogP contribution >= 0.6 is 0 Å². The average Bonchev–Trinajstić information content (AvgIpc) is 3.31. The highest BCUT2D eigenvalue weighted by Crippen LogP contribution is 2.50. The first-order valence-corrected chi connectivity index (χ1v) is 15.4. The molecule has 244 valence electrons. The molecule has 0 saturated carbocycles. The lowest BCUT2D eigenvalue weighted by atomic mass is 9.95. The van der Waals surface area contributed by atoms with Gasteiger partial charge in [0.05, 0.1) is 45.9 Å². The Kier molecular flexibility index (Phi) is 9.89. The van der Waals surface area contributed by atoms with Crippen molar-refractivity contribution in [1.29, 1.82) is 0 Å². The number of aryl methyl sites for hydroxylation is 1. The normalized spacial score (nSPS) is 16.3. The average molecular weight is 631 g/mol. The highest BCUT2D eigenvalue weighted by molar-refractivity contribution is 5.86. The van der Waals surface area contributed by atoms with Crippen LogP contribution in [0.1, 0.15) is 37.4 Å². The zero-order chi connectivity index (χ0) is 33.0. The van der Waals surface area contributed by atoms with E-state index in [4.69, 9.17) is 18.9 Å². The van der Waals surface area contributed by atoms with E-state index in [1.165, 1.54) is 6.92 Å². The Morgan fingerprint density at radius 3 is 2.22 bits per heavy atom. The molecule has 1 aliphatic carbocycles. The third-order valence-electron chi connectivity index (χ3n) is 8.68. The molecule has 11 heteroatoms. The number of methoxy groups -OCH3 is 4. The van der Waals surface area contributed by atoms with E-state index in [9.17, 15) is 14.4 Å². The summed E-state index contributed by atoms with van der Waals surface area (Å²) in [6.07, 6.45) is 1.16. The molecule has 1 fully saturated rings. The number of nitrogens with one attached hydrogen (secondary N) is 2. The molecule has 5 rings (SSSR count). The number of amides is 2. The first-order chi connectivity index (χ1) is 22.2. The molecule has 2 N–H and O–H groups in total. The first-order valence-electron chi connectivity index (χ1n) is 15.4. The number of hydrogen-bond acceptors (Lipinski definition) is 9. The number of ether oxygens (including phenoxy) is 4. The summed E-state index contributed by atoms with van der Waals surface area (Å²) in [7, 11) is 6.33. The molecule has 0 bridgehead atoms. The zero-order valence-electron chi connectivity index (χ0n) is 27.3. The van der Waals surface area contributed by atoms with Crippen molar-refractivity contribution >= 4 is 23.2 Å². The van der Waals surface area contributed by atoms with Crippen molar-refractivity contribution in [3.63, 3.8) is 0 Å². The maximum atomic E-state index is 13.7. The van der Waals surface area contributed by atoms with Gasteiger partial charge in [-0.15, -0.1) is 0 Å². The van der Waals surface area contributed by atoms with Crippen LogP contribution in [0.25, 0.3) is 11.1 Å². The lowest BCUT2D eigenvalue weighted by Crippen LogP contribution is -2.52. The number of rotatable bonds is 9. The number of hydrogen-bond donors (Lipinski definition) is 2. The Labute approximate surface area is 269 Å². The van der Waals surface area contributed by atoms with Crippen molar-refractivity contribution in [3.8, 4) is 34.1 Å². The number of nitrogens with zero attached hydrogens (tertiary/aromatic N) is 2. The van der Waals surface area contributed by atoms with Crippen molar-refractivity contribution in [2.45, 2.75) is 38.8 Å². The highest BCUT2D eigenvalue weighted by Gasteiger charge is 2.30. The van der Waals surface area contributed by atoms with E-state index < -0.39 is 12.1 Å². The third kappa shape index (κ3) is 6.40. The molecule has 1 aliphatic heterocycles. The van der Waals surface area contributed by atoms with E-state index in [0.717, 1.165) is 28.1 Å². The van der Waals surface area contributed by atoms with Gasteiger partial charge < -0.3 is 39.4 Å². The minimum Gasteiger partial charge on any atom is -0.495 e. The number of carbonyl (C=O) groups is 2. The fourth-order valence-electron chi connectivity index (χ4n) is 6.45. The summed E-state index contributed by atoms with van der Waals surface area (Å²) in [4.78, 5) is 43.5. The summed E-state index contributed by atoms with van der Waals surface area (Å²) >= 11 is 0. The molecule has 46 heavy (non-hydrogen) atoms. The largest absolute Gasteiger partial charge is 0.495 e. The van der Waals surface area contributed by atoms with Crippen LogP contribution in [0, 0.1) is 0 Å². The summed E-state index contributed by atoms with van der Waals surface area (Å²) in [6, 6.07) is 13.8. The minimum atomic E-state index is -0.648. The predicted octanol–water partition coefficient (Wildman–Crippen LogP) is 4.02. The molecule has 1 saturated heterocycles. The molecule has 1 heterocycles. The second-order valence-corrected chi connectivity index (χ2v) is 11.4. The van der Waals surface area contributed by atoms with Gasteiger partial charge in [0.15, 0.2) is 11.5 Å². The molecule has 3 aromatic rings. The van der Waals surface area contributed by atoms with Gasteiger partial charge in [0.1, 0.15) is 11.8 Å². The molecule has 0 spiro atoms. The molecular formula is C35H42N4O7. The van der Waals surface area contributed by atoms with Gasteiger partial charge in [0, 0.05) is 38.7 Å². The van der Waals surface area contributed by atoms with E-state index in [0.29, 0.717) is 61.8 Å². The van der Waals surface area contributed by atoms with Crippen LogP contribution in [0.5, 0.6) is 23.0 Å². The third-order valence-corrected chi connectivity index (χ3v) is 8.68. The number of fused-ring (bicyclic) bond motifs is 3. The van der Waals surface area contributed by atoms with Crippen molar-refractivity contribution in [1.82, 2.24) is 10.2 Å². The summed E-state index contributed by atoms with van der Waals surface area (Å²) < 4.78 is 22.7. The van der Waals surface area contributed by atoms with Crippen LogP contribution in [0.15, 0.2) is 53.3 Å². The fraction of sp³-hybridized carbons (Fsp3) is 0.400. The van der Waals surface area contributed by atoms with Crippen LogP contribution in [0.2, 0.25) is 0 Å². The monoisotopic (exact) mass is 630 g/mol. The maximum Gasteiger partial charge on any atom is 0.244 e. The number of piperazine rings is 1. The van der Waals surface area contributed by atoms with Crippen molar-refractivity contribution < 1.29 is 28.5 Å². The molecule has 11 nitrogen and oxygen atoms in total. The lowest BCUT2D eigenvalue weighted by molar-refractivity contribution is -0.132. The summed E-state index contributed by atoms with van der Waals surface area (Å²) in [6.45, 7) is 5.65. The Morgan fingerprint density at radius 2 is 1.57 bits per heavy atom. The Hall–Kier alpha value is -4.93. The van der Waals surface area contributed by atoms with Gasteiger partial charge in [-0.25, -0.2) is 0 Å². The quantitative estimate of drug-likeness (QED) is 0.362. The molecule has 2 atom stereocenters. The molecule has 2 amide bonds. The second-order valence-electron chi connectivity index (χ2n) is 11.4. The highest BCUT2D eigenvalue weighted by atomic mass is 16.5. The van der Waals surface area contributed by atoms with Gasteiger partial charge in [-0.2, -0.15) is 0 Å². The van der Waals surface area contributed by atoms with E-state index in [-0.39, 0.29) is 22.9 Å². The lowest BCUT2D eigenvalue weighted by Gasteiger charge is -2.37. The van der Waals surface area contributed by atoms with Crippen molar-refractivity contribution in [3.05, 3.63) is 69.9 Å². The van der Waals surface area contributed by atoms with Gasteiger partial charge in [-0.1, -0.05) is 18.2 Å². The standard InChI is InChI=1S/C35H42N4O7/c1-21(35(42)39-17-15-38(16-18-39)28-9-7-8-10-30(28)43-3)36-27-14-12-24-25(20-29(27)41)26(37-22(2)40)13-11-23-19-31(44-4)33(45-5)34(46-6)32(23)24/h7-10,12,14,19-21,26H,11,13,15-18H2,1-6H3,(H,36,41)(H,37,40)/t21-,26+/m0/s1. The summed E-state index contributed by atoms with van der Waals surface area (Å²) in [5.74, 6) is 1.95. The molecule has 3 aromatic carbocycles. The van der Waals surface area contributed by atoms with Crippen molar-refractivity contribution in [2.24, 2.45) is 0 Å². The Balaban J connectivity index is 1.44. The smallest absolute Gasteiger partial charge is 0.244 e. The van der Waals surface area contributed by atoms with Crippen LogP contribution in [0.3, 0.4) is 0 Å². The van der Waals surface area contributed by atoms with Gasteiger partial charge in [-0.3, -0.25) is 14.4 Å². The van der Waals surface area contributed by atoms with E-state index in [2.05, 4.69) is 15.5 Å². The summed E-state index contributed by atoms with van der Waals surface area (Å²) in [5.41, 5.74) is 4.07. The van der Waals surface area contributed by atoms with Crippen LogP contribution in [0.4, 0.5) is 11.4 Å². The predicted molar refractivity (Wildman–Crippen MR) is 178 cm³/mol. The van der Waals surface area contributed by atoms with E-state index in [1.54, 1.807) is 47.5 Å². The van der Waals surface area contributed by atoms with Crippen LogP contribution in [-0.2, 0) is 16.0 Å². The number of para-hydroxylation sites is 2. The van der Waals surface area contributed by atoms with Gasteiger partial charge in [-0.05, 0) is 66.8 Å². The molecule has 0 aromatic heterocycles. The minimum absolute atomic E-state index is 0.0906.